The molecule has 0 aliphatic carbocycles. The van der Waals surface area contributed by atoms with Crippen LogP contribution in [0.25, 0.3) is 10.6 Å². The first-order valence-corrected chi connectivity index (χ1v) is 9.16. The SMILES string of the molecule is COc1ccc(C=NNC(=O)c2sc(-c3ccccc3OC)nc2C)c(O)c1. The number of ether oxygens (including phenoxy) is 2. The number of nitrogens with one attached hydrogen (secondary N) is 1. The highest BCUT2D eigenvalue weighted by Gasteiger charge is 2.17. The lowest BCUT2D eigenvalue weighted by Crippen LogP contribution is -2.17. The minimum atomic E-state index is -0.375. The van der Waals surface area contributed by atoms with Crippen LogP contribution in [0.4, 0.5) is 0 Å². The number of benzene rings is 2. The largest absolute Gasteiger partial charge is 0.507 e. The van der Waals surface area contributed by atoms with Crippen molar-refractivity contribution in [3.05, 3.63) is 58.6 Å². The monoisotopic (exact) mass is 397 g/mol. The molecule has 2 aromatic carbocycles. The summed E-state index contributed by atoms with van der Waals surface area (Å²) in [6, 6.07) is 12.3. The van der Waals surface area contributed by atoms with Crippen molar-refractivity contribution in [2.45, 2.75) is 6.92 Å². The topological polar surface area (TPSA) is 93.0 Å². The number of thiazole rings is 1. The quantitative estimate of drug-likeness (QED) is 0.490. The Balaban J connectivity index is 1.76. The molecule has 0 atom stereocenters. The van der Waals surface area contributed by atoms with E-state index in [9.17, 15) is 9.90 Å². The summed E-state index contributed by atoms with van der Waals surface area (Å²) in [5.41, 5.74) is 4.35. The van der Waals surface area contributed by atoms with Crippen LogP contribution in [0.5, 0.6) is 17.2 Å². The lowest BCUT2D eigenvalue weighted by Gasteiger charge is -2.04. The first-order valence-electron chi connectivity index (χ1n) is 8.34. The molecule has 0 radical (unpaired) electrons. The number of aromatic nitrogens is 1. The maximum Gasteiger partial charge on any atom is 0.283 e. The molecule has 1 aromatic heterocycles. The number of hydrazone groups is 1. The average molecular weight is 397 g/mol. The molecule has 144 valence electrons. The van der Waals surface area contributed by atoms with E-state index in [0.29, 0.717) is 32.6 Å². The van der Waals surface area contributed by atoms with Crippen LogP contribution in [0.15, 0.2) is 47.6 Å². The van der Waals surface area contributed by atoms with Gasteiger partial charge in [-0.1, -0.05) is 12.1 Å². The molecule has 8 heteroatoms. The molecule has 0 saturated heterocycles. The van der Waals surface area contributed by atoms with Gasteiger partial charge in [0.1, 0.15) is 27.1 Å². The van der Waals surface area contributed by atoms with E-state index in [4.69, 9.17) is 9.47 Å². The van der Waals surface area contributed by atoms with Gasteiger partial charge in [0.15, 0.2) is 0 Å². The highest BCUT2D eigenvalue weighted by molar-refractivity contribution is 7.17. The van der Waals surface area contributed by atoms with Crippen molar-refractivity contribution >= 4 is 23.5 Å². The van der Waals surface area contributed by atoms with Crippen LogP contribution in [0.3, 0.4) is 0 Å². The minimum Gasteiger partial charge on any atom is -0.507 e. The van der Waals surface area contributed by atoms with Gasteiger partial charge in [-0.05, 0) is 31.2 Å². The number of carbonyl (C=O) groups excluding carboxylic acids is 1. The van der Waals surface area contributed by atoms with Crippen molar-refractivity contribution < 1.29 is 19.4 Å². The number of amides is 1. The average Bonchev–Trinajstić information content (AvgIpc) is 3.10. The van der Waals surface area contributed by atoms with Gasteiger partial charge in [0.25, 0.3) is 5.91 Å². The lowest BCUT2D eigenvalue weighted by molar-refractivity contribution is 0.0958. The third-order valence-corrected chi connectivity index (χ3v) is 5.14. The van der Waals surface area contributed by atoms with E-state index in [-0.39, 0.29) is 11.7 Å². The van der Waals surface area contributed by atoms with Crippen molar-refractivity contribution in [2.75, 3.05) is 14.2 Å². The molecule has 0 spiro atoms. The van der Waals surface area contributed by atoms with E-state index < -0.39 is 0 Å². The third kappa shape index (κ3) is 4.12. The second kappa shape index (κ2) is 8.53. The van der Waals surface area contributed by atoms with E-state index in [0.717, 1.165) is 5.56 Å². The van der Waals surface area contributed by atoms with Gasteiger partial charge in [0.05, 0.1) is 31.7 Å². The molecular formula is C20H19N3O4S. The van der Waals surface area contributed by atoms with E-state index >= 15 is 0 Å². The van der Waals surface area contributed by atoms with Crippen LogP contribution in [0.1, 0.15) is 20.9 Å². The second-order valence-corrected chi connectivity index (χ2v) is 6.76. The first kappa shape index (κ1) is 19.4. The Hall–Kier alpha value is -3.39. The number of phenolic OH excluding ortho intramolecular Hbond substituents is 1. The molecule has 1 heterocycles. The smallest absolute Gasteiger partial charge is 0.283 e. The summed E-state index contributed by atoms with van der Waals surface area (Å²) in [5, 5.41) is 14.5. The van der Waals surface area contributed by atoms with Gasteiger partial charge < -0.3 is 14.6 Å². The number of hydrogen-bond acceptors (Lipinski definition) is 7. The number of aromatic hydroxyl groups is 1. The van der Waals surface area contributed by atoms with Gasteiger partial charge in [-0.3, -0.25) is 4.79 Å². The van der Waals surface area contributed by atoms with Crippen molar-refractivity contribution in [3.63, 3.8) is 0 Å². The zero-order valence-electron chi connectivity index (χ0n) is 15.6. The van der Waals surface area contributed by atoms with Crippen LogP contribution in [0, 0.1) is 6.92 Å². The van der Waals surface area contributed by atoms with Crippen LogP contribution in [-0.4, -0.2) is 36.4 Å². The predicted octanol–water partition coefficient (Wildman–Crippen LogP) is 3.61. The molecule has 3 aromatic rings. The zero-order chi connectivity index (χ0) is 20.1. The Morgan fingerprint density at radius 1 is 1.21 bits per heavy atom. The van der Waals surface area contributed by atoms with Crippen LogP contribution >= 0.6 is 11.3 Å². The number of aryl methyl sites for hydroxylation is 1. The maximum absolute atomic E-state index is 12.5. The Bertz CT molecular complexity index is 1030. The minimum absolute atomic E-state index is 0.00442. The molecule has 7 nitrogen and oxygen atoms in total. The molecule has 0 saturated carbocycles. The van der Waals surface area contributed by atoms with Crippen LogP contribution in [-0.2, 0) is 0 Å². The number of nitrogens with zero attached hydrogens (tertiary/aromatic N) is 2. The second-order valence-electron chi connectivity index (χ2n) is 5.76. The standard InChI is InChI=1S/C20H19N3O4S/c1-12-18(28-20(22-12)15-6-4-5-7-17(15)27-3)19(25)23-21-11-13-8-9-14(26-2)10-16(13)24/h4-11,24H,1-3H3,(H,23,25). The summed E-state index contributed by atoms with van der Waals surface area (Å²) >= 11 is 1.26. The number of hydrogen-bond donors (Lipinski definition) is 2. The number of rotatable bonds is 6. The van der Waals surface area contributed by atoms with Crippen molar-refractivity contribution in [1.82, 2.24) is 10.4 Å². The van der Waals surface area contributed by atoms with Crippen LogP contribution < -0.4 is 14.9 Å². The maximum atomic E-state index is 12.5. The van der Waals surface area contributed by atoms with Gasteiger partial charge in [0.2, 0.25) is 0 Å². The van der Waals surface area contributed by atoms with Gasteiger partial charge in [-0.15, -0.1) is 11.3 Å². The molecule has 3 rings (SSSR count). The number of para-hydroxylation sites is 1. The highest BCUT2D eigenvalue weighted by Crippen LogP contribution is 2.34. The van der Waals surface area contributed by atoms with Gasteiger partial charge >= 0.3 is 0 Å². The predicted molar refractivity (Wildman–Crippen MR) is 109 cm³/mol. The summed E-state index contributed by atoms with van der Waals surface area (Å²) in [6.45, 7) is 1.77. The van der Waals surface area contributed by atoms with E-state index in [1.54, 1.807) is 26.2 Å². The van der Waals surface area contributed by atoms with Gasteiger partial charge in [-0.25, -0.2) is 10.4 Å². The molecule has 1 amide bonds. The van der Waals surface area contributed by atoms with Gasteiger partial charge in [0, 0.05) is 11.6 Å². The normalized spacial score (nSPS) is 10.8. The fourth-order valence-electron chi connectivity index (χ4n) is 2.51. The Morgan fingerprint density at radius 3 is 2.71 bits per heavy atom. The Morgan fingerprint density at radius 2 is 2.00 bits per heavy atom. The highest BCUT2D eigenvalue weighted by atomic mass is 32.1. The molecule has 2 N–H and O–H groups in total. The number of methoxy groups -OCH3 is 2. The molecule has 0 fully saturated rings. The Kier molecular flexibility index (Phi) is 5.90. The van der Waals surface area contributed by atoms with E-state index in [2.05, 4.69) is 15.5 Å². The molecule has 0 aliphatic heterocycles. The number of carbonyl (C=O) groups is 1. The van der Waals surface area contributed by atoms with E-state index in [1.807, 2.05) is 24.3 Å². The molecule has 0 unspecified atom stereocenters. The fourth-order valence-corrected chi connectivity index (χ4v) is 3.50. The molecular weight excluding hydrogens is 378 g/mol. The molecule has 28 heavy (non-hydrogen) atoms. The summed E-state index contributed by atoms with van der Waals surface area (Å²) in [5.74, 6) is 0.851. The number of phenols is 1. The third-order valence-electron chi connectivity index (χ3n) is 3.95. The molecule has 0 aliphatic rings. The van der Waals surface area contributed by atoms with Crippen molar-refractivity contribution in [1.29, 1.82) is 0 Å². The lowest BCUT2D eigenvalue weighted by atomic mass is 10.2. The Labute approximate surface area is 166 Å². The van der Waals surface area contributed by atoms with Crippen LogP contribution in [0.2, 0.25) is 0 Å². The zero-order valence-corrected chi connectivity index (χ0v) is 16.4. The first-order chi connectivity index (χ1) is 13.5. The summed E-state index contributed by atoms with van der Waals surface area (Å²) in [7, 11) is 3.11. The summed E-state index contributed by atoms with van der Waals surface area (Å²) < 4.78 is 10.4. The van der Waals surface area contributed by atoms with Gasteiger partial charge in [-0.2, -0.15) is 5.10 Å². The summed E-state index contributed by atoms with van der Waals surface area (Å²) in [6.07, 6.45) is 1.37. The fraction of sp³-hybridized carbons (Fsp3) is 0.150. The molecule has 0 bridgehead atoms. The van der Waals surface area contributed by atoms with E-state index in [1.165, 1.54) is 30.7 Å². The van der Waals surface area contributed by atoms with Crippen molar-refractivity contribution in [3.8, 4) is 27.8 Å². The van der Waals surface area contributed by atoms with Crippen molar-refractivity contribution in [2.24, 2.45) is 5.10 Å². The summed E-state index contributed by atoms with van der Waals surface area (Å²) in [4.78, 5) is 17.4.